The Labute approximate surface area is 163 Å². The maximum absolute atomic E-state index is 12.8. The van der Waals surface area contributed by atoms with Crippen LogP contribution in [0.15, 0.2) is 47.7 Å². The summed E-state index contributed by atoms with van der Waals surface area (Å²) in [6, 6.07) is 10.4. The molecule has 0 aliphatic heterocycles. The normalized spacial score (nSPS) is 15.6. The molecular weight excluding hydrogens is 439 g/mol. The predicted molar refractivity (Wildman–Crippen MR) is 104 cm³/mol. The van der Waals surface area contributed by atoms with E-state index in [0.29, 0.717) is 5.96 Å². The highest BCUT2D eigenvalue weighted by Crippen LogP contribution is 2.47. The fourth-order valence-corrected chi connectivity index (χ4v) is 2.80. The van der Waals surface area contributed by atoms with Gasteiger partial charge in [-0.2, -0.15) is 8.78 Å². The van der Waals surface area contributed by atoms with E-state index in [0.717, 1.165) is 24.0 Å². The predicted octanol–water partition coefficient (Wildman–Crippen LogP) is 3.29. The van der Waals surface area contributed by atoms with Crippen LogP contribution >= 0.6 is 24.0 Å². The first-order valence-corrected chi connectivity index (χ1v) is 7.94. The number of nitrogens with one attached hydrogen (secondary N) is 2. The number of hydrogen-bond donors (Lipinski definition) is 2. The lowest BCUT2D eigenvalue weighted by molar-refractivity contribution is 0.0668. The standard InChI is InChI=1S/C17H21F2N5.HI/c1-20-16(22-11-14-21-9-10-24(14)15(18)19)23-12-17(7-8-17)13-5-3-2-4-6-13;/h2-6,9-10,15H,7-8,11-12H2,1H3,(H2,20,22,23);1H. The van der Waals surface area contributed by atoms with E-state index >= 15 is 0 Å². The Morgan fingerprint density at radius 1 is 1.28 bits per heavy atom. The largest absolute Gasteiger partial charge is 0.356 e. The number of aromatic nitrogens is 2. The van der Waals surface area contributed by atoms with E-state index in [4.69, 9.17) is 0 Å². The van der Waals surface area contributed by atoms with E-state index < -0.39 is 6.55 Å². The summed E-state index contributed by atoms with van der Waals surface area (Å²) in [4.78, 5) is 8.11. The van der Waals surface area contributed by atoms with Crippen molar-refractivity contribution in [3.05, 3.63) is 54.1 Å². The van der Waals surface area contributed by atoms with Crippen LogP contribution in [0.25, 0.3) is 0 Å². The second-order valence-electron chi connectivity index (χ2n) is 5.95. The molecule has 0 bridgehead atoms. The zero-order chi connectivity index (χ0) is 17.0. The number of aliphatic imine (C=N–C) groups is 1. The molecule has 8 heteroatoms. The Morgan fingerprint density at radius 2 is 2.00 bits per heavy atom. The third kappa shape index (κ3) is 4.68. The van der Waals surface area contributed by atoms with Crippen LogP contribution in [0.2, 0.25) is 0 Å². The first kappa shape index (κ1) is 19.6. The second kappa shape index (κ2) is 8.59. The van der Waals surface area contributed by atoms with Crippen molar-refractivity contribution in [2.45, 2.75) is 31.4 Å². The van der Waals surface area contributed by atoms with Gasteiger partial charge in [0.25, 0.3) is 0 Å². The summed E-state index contributed by atoms with van der Waals surface area (Å²) < 4.78 is 26.5. The topological polar surface area (TPSA) is 54.2 Å². The van der Waals surface area contributed by atoms with Crippen LogP contribution in [0.1, 0.15) is 30.8 Å². The van der Waals surface area contributed by atoms with Gasteiger partial charge in [-0.05, 0) is 18.4 Å². The van der Waals surface area contributed by atoms with Crippen molar-refractivity contribution in [3.8, 4) is 0 Å². The summed E-state index contributed by atoms with van der Waals surface area (Å²) in [6.07, 6.45) is 4.91. The van der Waals surface area contributed by atoms with Crippen LogP contribution < -0.4 is 10.6 Å². The van der Waals surface area contributed by atoms with Crippen molar-refractivity contribution < 1.29 is 8.78 Å². The van der Waals surface area contributed by atoms with E-state index in [1.807, 2.05) is 18.2 Å². The highest BCUT2D eigenvalue weighted by Gasteiger charge is 2.43. The minimum atomic E-state index is -2.59. The summed E-state index contributed by atoms with van der Waals surface area (Å²) in [5.74, 6) is 0.859. The average molecular weight is 461 g/mol. The number of nitrogens with zero attached hydrogens (tertiary/aromatic N) is 3. The number of halogens is 3. The van der Waals surface area contributed by atoms with Crippen LogP contribution in [-0.2, 0) is 12.0 Å². The third-order valence-electron chi connectivity index (χ3n) is 4.43. The molecule has 1 aromatic heterocycles. The average Bonchev–Trinajstić information content (AvgIpc) is 3.24. The monoisotopic (exact) mass is 461 g/mol. The highest BCUT2D eigenvalue weighted by atomic mass is 127. The molecule has 136 valence electrons. The van der Waals surface area contributed by atoms with E-state index in [1.165, 1.54) is 18.0 Å². The maximum atomic E-state index is 12.8. The number of benzene rings is 1. The molecule has 5 nitrogen and oxygen atoms in total. The van der Waals surface area contributed by atoms with Crippen LogP contribution in [0.3, 0.4) is 0 Å². The summed E-state index contributed by atoms with van der Waals surface area (Å²) in [5, 5.41) is 6.34. The van der Waals surface area contributed by atoms with E-state index in [1.54, 1.807) is 7.05 Å². The minimum Gasteiger partial charge on any atom is -0.356 e. The quantitative estimate of drug-likeness (QED) is 0.395. The molecule has 25 heavy (non-hydrogen) atoms. The lowest BCUT2D eigenvalue weighted by Crippen LogP contribution is -2.41. The van der Waals surface area contributed by atoms with Crippen molar-refractivity contribution in [1.82, 2.24) is 20.2 Å². The van der Waals surface area contributed by atoms with Crippen molar-refractivity contribution in [2.75, 3.05) is 13.6 Å². The van der Waals surface area contributed by atoms with Crippen molar-refractivity contribution in [2.24, 2.45) is 4.99 Å². The molecule has 1 aromatic carbocycles. The molecule has 0 unspecified atom stereocenters. The Kier molecular flexibility index (Phi) is 6.74. The number of guanidine groups is 1. The Bertz CT molecular complexity index is 698. The second-order valence-corrected chi connectivity index (χ2v) is 5.95. The van der Waals surface area contributed by atoms with Gasteiger partial charge in [-0.25, -0.2) is 4.98 Å². The van der Waals surface area contributed by atoms with Gasteiger partial charge in [0.05, 0.1) is 6.54 Å². The molecule has 1 aliphatic rings. The molecule has 2 N–H and O–H groups in total. The smallest absolute Gasteiger partial charge is 0.319 e. The Hall–Kier alpha value is -1.71. The molecule has 0 radical (unpaired) electrons. The van der Waals surface area contributed by atoms with Gasteiger partial charge in [0.1, 0.15) is 5.82 Å². The minimum absolute atomic E-state index is 0. The molecule has 1 fully saturated rings. The third-order valence-corrected chi connectivity index (χ3v) is 4.43. The number of hydrogen-bond acceptors (Lipinski definition) is 2. The molecule has 0 spiro atoms. The van der Waals surface area contributed by atoms with Crippen LogP contribution in [-0.4, -0.2) is 29.1 Å². The number of rotatable bonds is 6. The molecule has 1 heterocycles. The fraction of sp³-hybridized carbons (Fsp3) is 0.412. The van der Waals surface area contributed by atoms with Gasteiger partial charge in [-0.3, -0.25) is 9.56 Å². The van der Waals surface area contributed by atoms with Gasteiger partial charge in [0.15, 0.2) is 5.96 Å². The van der Waals surface area contributed by atoms with E-state index in [2.05, 4.69) is 32.7 Å². The SMILES string of the molecule is CN=C(NCc1nccn1C(F)F)NCC1(c2ccccc2)CC1.I. The molecule has 0 atom stereocenters. The summed E-state index contributed by atoms with van der Waals surface area (Å²) >= 11 is 0. The first-order chi connectivity index (χ1) is 11.6. The van der Waals surface area contributed by atoms with Crippen molar-refractivity contribution in [1.29, 1.82) is 0 Å². The molecular formula is C17H22F2IN5. The lowest BCUT2D eigenvalue weighted by Gasteiger charge is -2.19. The van der Waals surface area contributed by atoms with Gasteiger partial charge in [0.2, 0.25) is 0 Å². The van der Waals surface area contributed by atoms with Crippen LogP contribution in [0, 0.1) is 0 Å². The zero-order valence-corrected chi connectivity index (χ0v) is 16.3. The number of imidazole rings is 1. The molecule has 1 saturated carbocycles. The Morgan fingerprint density at radius 3 is 2.60 bits per heavy atom. The lowest BCUT2D eigenvalue weighted by atomic mass is 9.96. The summed E-state index contributed by atoms with van der Waals surface area (Å²) in [5.41, 5.74) is 1.47. The Balaban J connectivity index is 0.00000225. The molecule has 0 saturated heterocycles. The first-order valence-electron chi connectivity index (χ1n) is 7.94. The highest BCUT2D eigenvalue weighted by molar-refractivity contribution is 14.0. The molecule has 1 aliphatic carbocycles. The van der Waals surface area contributed by atoms with Crippen LogP contribution in [0.5, 0.6) is 0 Å². The zero-order valence-electron chi connectivity index (χ0n) is 14.0. The maximum Gasteiger partial charge on any atom is 0.319 e. The van der Waals surface area contributed by atoms with E-state index in [9.17, 15) is 8.78 Å². The molecule has 3 rings (SSSR count). The number of alkyl halides is 2. The van der Waals surface area contributed by atoms with Crippen molar-refractivity contribution in [3.63, 3.8) is 0 Å². The van der Waals surface area contributed by atoms with Crippen LogP contribution in [0.4, 0.5) is 8.78 Å². The van der Waals surface area contributed by atoms with E-state index in [-0.39, 0.29) is 41.8 Å². The van der Waals surface area contributed by atoms with Crippen molar-refractivity contribution >= 4 is 29.9 Å². The fourth-order valence-electron chi connectivity index (χ4n) is 2.80. The van der Waals surface area contributed by atoms with Gasteiger partial charge in [0, 0.05) is 31.4 Å². The summed E-state index contributed by atoms with van der Waals surface area (Å²) in [7, 11) is 1.66. The molecule has 2 aromatic rings. The molecule has 0 amide bonds. The van der Waals surface area contributed by atoms with Gasteiger partial charge >= 0.3 is 6.55 Å². The summed E-state index contributed by atoms with van der Waals surface area (Å²) in [6.45, 7) is -1.64. The van der Waals surface area contributed by atoms with Gasteiger partial charge < -0.3 is 10.6 Å². The van der Waals surface area contributed by atoms with Gasteiger partial charge in [-0.1, -0.05) is 30.3 Å². The van der Waals surface area contributed by atoms with Gasteiger partial charge in [-0.15, -0.1) is 24.0 Å².